The molecule has 1 aromatic carbocycles. The van der Waals surface area contributed by atoms with E-state index in [0.717, 1.165) is 25.0 Å². The molecule has 1 saturated heterocycles. The third kappa shape index (κ3) is 5.19. The first-order valence-electron chi connectivity index (χ1n) is 11.9. The number of nitrogens with zero attached hydrogens (tertiary/aromatic N) is 3. The first-order valence-corrected chi connectivity index (χ1v) is 11.9. The Kier molecular flexibility index (Phi) is 6.01. The molecule has 196 valence electrons. The van der Waals surface area contributed by atoms with E-state index < -0.39 is 23.4 Å². The van der Waals surface area contributed by atoms with Crippen molar-refractivity contribution in [3.8, 4) is 11.5 Å². The van der Waals surface area contributed by atoms with Gasteiger partial charge in [0.05, 0.1) is 28.6 Å². The van der Waals surface area contributed by atoms with E-state index in [0.29, 0.717) is 29.6 Å². The minimum Gasteiger partial charge on any atom is -0.455 e. The van der Waals surface area contributed by atoms with E-state index in [2.05, 4.69) is 15.7 Å². The van der Waals surface area contributed by atoms with Crippen molar-refractivity contribution in [1.29, 1.82) is 0 Å². The quantitative estimate of drug-likeness (QED) is 0.467. The molecule has 2 fully saturated rings. The number of fused-ring (bicyclic) bond motifs is 1. The minimum absolute atomic E-state index is 0.00766. The number of anilines is 1. The van der Waals surface area contributed by atoms with Crippen LogP contribution < -0.4 is 15.4 Å². The summed E-state index contributed by atoms with van der Waals surface area (Å²) in [5, 5.41) is 19.3. The highest BCUT2D eigenvalue weighted by molar-refractivity contribution is 5.98. The highest BCUT2D eigenvalue weighted by atomic mass is 19.4. The lowest BCUT2D eigenvalue weighted by molar-refractivity contribution is -0.137. The average molecular weight is 518 g/mol. The van der Waals surface area contributed by atoms with E-state index in [-0.39, 0.29) is 35.7 Å². The molecule has 1 aliphatic heterocycles. The van der Waals surface area contributed by atoms with Gasteiger partial charge in [-0.3, -0.25) is 4.79 Å². The van der Waals surface area contributed by atoms with E-state index in [9.17, 15) is 27.9 Å². The Bertz CT molecular complexity index is 1380. The van der Waals surface area contributed by atoms with E-state index in [1.807, 2.05) is 0 Å². The molecule has 0 spiro atoms. The summed E-state index contributed by atoms with van der Waals surface area (Å²) in [5.41, 5.74) is -1.05. The monoisotopic (exact) mass is 517 g/mol. The van der Waals surface area contributed by atoms with Crippen molar-refractivity contribution in [1.82, 2.24) is 19.8 Å². The normalized spacial score (nSPS) is 19.8. The zero-order chi connectivity index (χ0) is 26.5. The first-order chi connectivity index (χ1) is 17.4. The van der Waals surface area contributed by atoms with Gasteiger partial charge in [0, 0.05) is 31.4 Å². The summed E-state index contributed by atoms with van der Waals surface area (Å²) >= 11 is 0. The number of amides is 3. The number of hydrogen-bond acceptors (Lipinski definition) is 5. The van der Waals surface area contributed by atoms with Crippen molar-refractivity contribution in [2.45, 2.75) is 50.9 Å². The van der Waals surface area contributed by atoms with Crippen LogP contribution in [0.1, 0.15) is 47.7 Å². The second-order valence-electron chi connectivity index (χ2n) is 9.81. The predicted octanol–water partition coefficient (Wildman–Crippen LogP) is 4.33. The number of nitrogens with one attached hydrogen (secondary N) is 2. The van der Waals surface area contributed by atoms with Crippen LogP contribution >= 0.6 is 0 Å². The third-order valence-electron chi connectivity index (χ3n) is 6.54. The van der Waals surface area contributed by atoms with Gasteiger partial charge in [-0.25, -0.2) is 9.31 Å². The molecule has 3 heterocycles. The fraction of sp³-hybridized carbons (Fsp3) is 0.400. The number of carbonyl (C=O) groups is 2. The Hall–Kier alpha value is -3.80. The van der Waals surface area contributed by atoms with Crippen LogP contribution in [-0.2, 0) is 6.18 Å². The number of rotatable bonds is 5. The topological polar surface area (TPSA) is 108 Å². The molecule has 2 aliphatic rings. The summed E-state index contributed by atoms with van der Waals surface area (Å²) in [6, 6.07) is 4.09. The fourth-order valence-electron chi connectivity index (χ4n) is 4.44. The molecule has 3 N–H and O–H groups in total. The van der Waals surface area contributed by atoms with Gasteiger partial charge in [-0.1, -0.05) is 0 Å². The lowest BCUT2D eigenvalue weighted by Gasteiger charge is -2.18. The van der Waals surface area contributed by atoms with E-state index in [4.69, 9.17) is 4.74 Å². The molecule has 1 aliphatic carbocycles. The molecule has 0 unspecified atom stereocenters. The van der Waals surface area contributed by atoms with Crippen molar-refractivity contribution < 1.29 is 32.6 Å². The molecular formula is C25H26F3N5O4. The summed E-state index contributed by atoms with van der Waals surface area (Å²) in [4.78, 5) is 26.7. The van der Waals surface area contributed by atoms with Gasteiger partial charge in [-0.2, -0.15) is 18.3 Å². The lowest BCUT2D eigenvalue weighted by Crippen LogP contribution is -2.34. The second kappa shape index (κ2) is 8.94. The molecule has 2 aromatic heterocycles. The Morgan fingerprint density at radius 1 is 1.24 bits per heavy atom. The molecule has 3 aromatic rings. The number of carbonyl (C=O) groups excluding carboxylic acids is 2. The van der Waals surface area contributed by atoms with Crippen molar-refractivity contribution in [2.75, 3.05) is 18.4 Å². The first kappa shape index (κ1) is 24.9. The van der Waals surface area contributed by atoms with Crippen LogP contribution in [0, 0.1) is 6.92 Å². The molecule has 37 heavy (non-hydrogen) atoms. The number of urea groups is 1. The second-order valence-corrected chi connectivity index (χ2v) is 9.81. The van der Waals surface area contributed by atoms with Gasteiger partial charge in [0.25, 0.3) is 5.91 Å². The number of hydrogen-bond donors (Lipinski definition) is 3. The number of likely N-dealkylation sites (tertiary alicyclic amines) is 1. The minimum atomic E-state index is -4.74. The Morgan fingerprint density at radius 3 is 2.65 bits per heavy atom. The van der Waals surface area contributed by atoms with Crippen molar-refractivity contribution >= 4 is 23.1 Å². The van der Waals surface area contributed by atoms with E-state index in [1.54, 1.807) is 24.9 Å². The summed E-state index contributed by atoms with van der Waals surface area (Å²) < 4.78 is 48.7. The van der Waals surface area contributed by atoms with Gasteiger partial charge < -0.3 is 25.4 Å². The van der Waals surface area contributed by atoms with Gasteiger partial charge in [0.1, 0.15) is 11.3 Å². The summed E-state index contributed by atoms with van der Waals surface area (Å²) in [6.07, 6.45) is 0.290. The Balaban J connectivity index is 1.43. The molecule has 3 amide bonds. The van der Waals surface area contributed by atoms with Gasteiger partial charge in [-0.05, 0) is 56.9 Å². The van der Waals surface area contributed by atoms with Gasteiger partial charge in [-0.15, -0.1) is 0 Å². The highest BCUT2D eigenvalue weighted by Gasteiger charge is 2.36. The zero-order valence-electron chi connectivity index (χ0n) is 20.2. The van der Waals surface area contributed by atoms with E-state index >= 15 is 0 Å². The summed E-state index contributed by atoms with van der Waals surface area (Å²) in [5.74, 6) is -0.163. The molecule has 1 saturated carbocycles. The third-order valence-corrected chi connectivity index (χ3v) is 6.54. The fourth-order valence-corrected chi connectivity index (χ4v) is 4.44. The standard InChI is InChI=1S/C25H26F3N5O4/c1-14-17(22(34)32-10-8-24(2,36)13-32)12-33-21(14)20(7-9-29-33)37-16-5-6-19(18(11-16)25(26,27)28)31-23(35)30-15-3-4-15/h5-7,9,11-12,15,36H,3-4,8,10,13H2,1-2H3,(H2,30,31,35)/t24-/m1/s1. The Morgan fingerprint density at radius 2 is 2.00 bits per heavy atom. The van der Waals surface area contributed by atoms with Crippen LogP contribution in [0.3, 0.4) is 0 Å². The van der Waals surface area contributed by atoms with Crippen LogP contribution in [0.4, 0.5) is 23.7 Å². The number of benzene rings is 1. The van der Waals surface area contributed by atoms with Crippen LogP contribution in [0.25, 0.3) is 5.52 Å². The number of halogens is 3. The predicted molar refractivity (Wildman–Crippen MR) is 128 cm³/mol. The molecular weight excluding hydrogens is 491 g/mol. The molecule has 0 radical (unpaired) electrons. The van der Waals surface area contributed by atoms with Crippen molar-refractivity contribution in [2.24, 2.45) is 0 Å². The largest absolute Gasteiger partial charge is 0.455 e. The average Bonchev–Trinajstić information content (AvgIpc) is 3.45. The molecule has 12 heteroatoms. The number of aromatic nitrogens is 2. The highest BCUT2D eigenvalue weighted by Crippen LogP contribution is 2.39. The van der Waals surface area contributed by atoms with Crippen molar-refractivity contribution in [3.05, 3.63) is 53.3 Å². The maximum Gasteiger partial charge on any atom is 0.418 e. The lowest BCUT2D eigenvalue weighted by atomic mass is 10.1. The smallest absolute Gasteiger partial charge is 0.418 e. The number of β-amino-alcohol motifs (C(OH)–C–C–N with tert-alkyl or cyclic N) is 1. The zero-order valence-corrected chi connectivity index (χ0v) is 20.2. The molecule has 0 bridgehead atoms. The number of alkyl halides is 3. The summed E-state index contributed by atoms with van der Waals surface area (Å²) in [7, 11) is 0. The van der Waals surface area contributed by atoms with Crippen LogP contribution in [0.15, 0.2) is 36.7 Å². The van der Waals surface area contributed by atoms with Crippen molar-refractivity contribution in [3.63, 3.8) is 0 Å². The van der Waals surface area contributed by atoms with Crippen LogP contribution in [-0.4, -0.2) is 56.3 Å². The number of aryl methyl sites for hydroxylation is 1. The van der Waals surface area contributed by atoms with Crippen LogP contribution in [0.2, 0.25) is 0 Å². The SMILES string of the molecule is Cc1c(C(=O)N2CC[C@@](C)(O)C2)cn2nccc(Oc3ccc(NC(=O)NC4CC4)c(C(F)(F)F)c3)c12. The Labute approximate surface area is 210 Å². The van der Waals surface area contributed by atoms with Gasteiger partial charge in [0.2, 0.25) is 0 Å². The number of ether oxygens (including phenoxy) is 1. The van der Waals surface area contributed by atoms with E-state index in [1.165, 1.54) is 22.8 Å². The molecule has 5 rings (SSSR count). The molecule has 9 nitrogen and oxygen atoms in total. The van der Waals surface area contributed by atoms with Crippen LogP contribution in [0.5, 0.6) is 11.5 Å². The number of aliphatic hydroxyl groups is 1. The summed E-state index contributed by atoms with van der Waals surface area (Å²) in [6.45, 7) is 3.99. The van der Waals surface area contributed by atoms with Gasteiger partial charge >= 0.3 is 12.2 Å². The maximum atomic E-state index is 13.8. The maximum absolute atomic E-state index is 13.8. The van der Waals surface area contributed by atoms with Gasteiger partial charge in [0.15, 0.2) is 5.75 Å². The molecule has 1 atom stereocenters.